The number of rotatable bonds is 5. The number of phenols is 1. The molecule has 0 aliphatic carbocycles. The molecule has 0 amide bonds. The van der Waals surface area contributed by atoms with Gasteiger partial charge in [0.05, 0.1) is 4.92 Å². The Bertz CT molecular complexity index is 808. The van der Waals surface area contributed by atoms with Gasteiger partial charge in [0.1, 0.15) is 22.6 Å². The topological polar surface area (TPSA) is 127 Å². The number of aliphatic carboxylic acids is 1. The fraction of sp³-hybridized carbons (Fsp3) is 0.133. The summed E-state index contributed by atoms with van der Waals surface area (Å²) in [5, 5.41) is 29.3. The fourth-order valence-electron chi connectivity index (χ4n) is 2.20. The second-order valence-electron chi connectivity index (χ2n) is 5.08. The van der Waals surface area contributed by atoms with E-state index < -0.39 is 28.4 Å². The number of carbonyl (C=O) groups is 1. The Morgan fingerprint density at radius 2 is 2.00 bits per heavy atom. The van der Waals surface area contributed by atoms with E-state index in [0.717, 1.165) is 18.2 Å². The normalized spacial score (nSPS) is 12.0. The van der Waals surface area contributed by atoms with Gasteiger partial charge in [-0.15, -0.1) is 0 Å². The third-order valence-corrected chi connectivity index (χ3v) is 3.67. The van der Waals surface area contributed by atoms with Crippen LogP contribution >= 0.6 is 11.6 Å². The van der Waals surface area contributed by atoms with E-state index in [1.807, 2.05) is 0 Å². The number of hydrogen-bond acceptors (Lipinski definition) is 5. The van der Waals surface area contributed by atoms with Crippen LogP contribution in [0.2, 0.25) is 5.02 Å². The molecular formula is C15H12ClFN2O5. The van der Waals surface area contributed by atoms with E-state index in [-0.39, 0.29) is 33.9 Å². The lowest BCUT2D eigenvalue weighted by Gasteiger charge is -2.11. The van der Waals surface area contributed by atoms with Crippen LogP contribution in [0.1, 0.15) is 5.56 Å². The third kappa shape index (κ3) is 3.79. The minimum atomic E-state index is -1.27. The van der Waals surface area contributed by atoms with E-state index in [0.29, 0.717) is 0 Å². The molecule has 1 atom stereocenters. The Morgan fingerprint density at radius 3 is 2.54 bits per heavy atom. The molecule has 0 saturated heterocycles. The van der Waals surface area contributed by atoms with Crippen molar-refractivity contribution in [3.63, 3.8) is 0 Å². The lowest BCUT2D eigenvalue weighted by molar-refractivity contribution is -0.384. The molecule has 0 aliphatic heterocycles. The first-order valence-electron chi connectivity index (χ1n) is 6.64. The van der Waals surface area contributed by atoms with Crippen LogP contribution < -0.4 is 5.73 Å². The number of carboxylic acids is 1. The number of halogens is 2. The first kappa shape index (κ1) is 17.6. The van der Waals surface area contributed by atoms with Crippen LogP contribution in [0.15, 0.2) is 30.3 Å². The number of hydrogen-bond donors (Lipinski definition) is 3. The molecule has 0 aromatic heterocycles. The highest BCUT2D eigenvalue weighted by atomic mass is 35.5. The molecule has 24 heavy (non-hydrogen) atoms. The van der Waals surface area contributed by atoms with Crippen molar-refractivity contribution in [2.45, 2.75) is 12.5 Å². The second-order valence-corrected chi connectivity index (χ2v) is 5.46. The number of benzene rings is 2. The van der Waals surface area contributed by atoms with Crippen LogP contribution in [0.5, 0.6) is 5.75 Å². The summed E-state index contributed by atoms with van der Waals surface area (Å²) < 4.78 is 13.5. The van der Waals surface area contributed by atoms with Gasteiger partial charge in [0.2, 0.25) is 0 Å². The molecule has 0 radical (unpaired) electrons. The van der Waals surface area contributed by atoms with Crippen LogP contribution in [0.4, 0.5) is 10.1 Å². The average molecular weight is 355 g/mol. The van der Waals surface area contributed by atoms with E-state index in [1.54, 1.807) is 0 Å². The highest BCUT2D eigenvalue weighted by molar-refractivity contribution is 6.35. The first-order valence-corrected chi connectivity index (χ1v) is 7.02. The first-order chi connectivity index (χ1) is 11.2. The standard InChI is InChI=1S/C15H12ClFN2O5/c16-14-11(8-4-9(17)6-10(20)5-8)1-7(2-12(18)15(21)22)3-13(14)19(23)24/h1,3-6,12,20H,2,18H2,(H,21,22). The van der Waals surface area contributed by atoms with Crippen LogP contribution in [0.3, 0.4) is 0 Å². The van der Waals surface area contributed by atoms with Gasteiger partial charge in [-0.3, -0.25) is 14.9 Å². The van der Waals surface area contributed by atoms with Crippen LogP contribution in [-0.2, 0) is 11.2 Å². The van der Waals surface area contributed by atoms with E-state index in [1.165, 1.54) is 12.1 Å². The van der Waals surface area contributed by atoms with Crippen molar-refractivity contribution in [3.8, 4) is 16.9 Å². The molecule has 2 rings (SSSR count). The largest absolute Gasteiger partial charge is 0.508 e. The minimum Gasteiger partial charge on any atom is -0.508 e. The molecule has 126 valence electrons. The molecule has 0 spiro atoms. The molecule has 7 nitrogen and oxygen atoms in total. The highest BCUT2D eigenvalue weighted by Crippen LogP contribution is 2.38. The zero-order valence-electron chi connectivity index (χ0n) is 12.1. The molecule has 0 fully saturated rings. The Hall–Kier alpha value is -2.71. The Labute approximate surface area is 140 Å². The number of nitro groups is 1. The molecule has 0 bridgehead atoms. The Morgan fingerprint density at radius 1 is 1.33 bits per heavy atom. The molecule has 9 heteroatoms. The summed E-state index contributed by atoms with van der Waals surface area (Å²) in [6.45, 7) is 0. The monoisotopic (exact) mass is 354 g/mol. The van der Waals surface area contributed by atoms with Crippen LogP contribution in [0, 0.1) is 15.9 Å². The van der Waals surface area contributed by atoms with Gasteiger partial charge in [0.15, 0.2) is 0 Å². The van der Waals surface area contributed by atoms with Crippen molar-refractivity contribution in [2.75, 3.05) is 0 Å². The molecule has 2 aromatic rings. The summed E-state index contributed by atoms with van der Waals surface area (Å²) >= 11 is 6.02. The number of nitro benzene ring substituents is 1. The molecule has 4 N–H and O–H groups in total. The Kier molecular flexibility index (Phi) is 5.01. The van der Waals surface area contributed by atoms with Crippen molar-refractivity contribution in [3.05, 3.63) is 56.8 Å². The maximum Gasteiger partial charge on any atom is 0.320 e. The van der Waals surface area contributed by atoms with Crippen molar-refractivity contribution in [1.82, 2.24) is 0 Å². The molecule has 0 saturated carbocycles. The molecule has 1 unspecified atom stereocenters. The smallest absolute Gasteiger partial charge is 0.320 e. The van der Waals surface area contributed by atoms with Gasteiger partial charge >= 0.3 is 5.97 Å². The number of aromatic hydroxyl groups is 1. The summed E-state index contributed by atoms with van der Waals surface area (Å²) in [6.07, 6.45) is -0.179. The van der Waals surface area contributed by atoms with Gasteiger partial charge in [-0.1, -0.05) is 11.6 Å². The second kappa shape index (κ2) is 6.81. The maximum absolute atomic E-state index is 13.5. The van der Waals surface area contributed by atoms with Gasteiger partial charge in [0, 0.05) is 17.7 Å². The van der Waals surface area contributed by atoms with E-state index in [2.05, 4.69) is 0 Å². The van der Waals surface area contributed by atoms with E-state index in [9.17, 15) is 24.4 Å². The van der Waals surface area contributed by atoms with Crippen molar-refractivity contribution in [1.29, 1.82) is 0 Å². The number of phenolic OH excluding ortho intramolecular Hbond substituents is 1. The molecule has 0 heterocycles. The Balaban J connectivity index is 2.63. The fourth-order valence-corrected chi connectivity index (χ4v) is 2.49. The predicted molar refractivity (Wildman–Crippen MR) is 84.5 cm³/mol. The quantitative estimate of drug-likeness (QED) is 0.559. The predicted octanol–water partition coefficient (Wildman–Crippen LogP) is 2.71. The SMILES string of the molecule is NC(Cc1cc(-c2cc(O)cc(F)c2)c(Cl)c([N+](=O)[O-])c1)C(=O)O. The van der Waals surface area contributed by atoms with Crippen molar-refractivity contribution < 1.29 is 24.3 Å². The highest BCUT2D eigenvalue weighted by Gasteiger charge is 2.22. The number of nitrogens with two attached hydrogens (primary N) is 1. The van der Waals surface area contributed by atoms with Crippen molar-refractivity contribution in [2.24, 2.45) is 5.73 Å². The van der Waals surface area contributed by atoms with Gasteiger partial charge < -0.3 is 15.9 Å². The molecule has 2 aromatic carbocycles. The lowest BCUT2D eigenvalue weighted by Crippen LogP contribution is -2.32. The lowest BCUT2D eigenvalue weighted by atomic mass is 9.98. The van der Waals surface area contributed by atoms with Gasteiger partial charge in [-0.25, -0.2) is 4.39 Å². The van der Waals surface area contributed by atoms with Gasteiger partial charge in [-0.2, -0.15) is 0 Å². The third-order valence-electron chi connectivity index (χ3n) is 3.28. The molecular weight excluding hydrogens is 343 g/mol. The van der Waals surface area contributed by atoms with E-state index in [4.69, 9.17) is 22.4 Å². The zero-order valence-corrected chi connectivity index (χ0v) is 12.8. The zero-order chi connectivity index (χ0) is 18.0. The summed E-state index contributed by atoms with van der Waals surface area (Å²) in [6, 6.07) is 4.34. The average Bonchev–Trinajstić information content (AvgIpc) is 2.47. The summed E-state index contributed by atoms with van der Waals surface area (Å²) in [7, 11) is 0. The number of nitrogens with zero attached hydrogens (tertiary/aromatic N) is 1. The maximum atomic E-state index is 13.5. The summed E-state index contributed by atoms with van der Waals surface area (Å²) in [4.78, 5) is 21.3. The molecule has 0 aliphatic rings. The summed E-state index contributed by atoms with van der Waals surface area (Å²) in [5.74, 6) is -2.40. The van der Waals surface area contributed by atoms with Crippen LogP contribution in [-0.4, -0.2) is 27.1 Å². The van der Waals surface area contributed by atoms with Gasteiger partial charge in [-0.05, 0) is 35.7 Å². The summed E-state index contributed by atoms with van der Waals surface area (Å²) in [5.41, 5.74) is 5.44. The van der Waals surface area contributed by atoms with Crippen LogP contribution in [0.25, 0.3) is 11.1 Å². The minimum absolute atomic E-state index is 0.0910. The van der Waals surface area contributed by atoms with E-state index >= 15 is 0 Å². The van der Waals surface area contributed by atoms with Crippen molar-refractivity contribution >= 4 is 23.3 Å². The number of carboxylic acid groups (broad SMARTS) is 1. The van der Waals surface area contributed by atoms with Gasteiger partial charge in [0.25, 0.3) is 5.69 Å².